The van der Waals surface area contributed by atoms with Crippen LogP contribution in [-0.4, -0.2) is 44.2 Å². The van der Waals surface area contributed by atoms with Crippen molar-refractivity contribution in [2.45, 2.75) is 50.5 Å². The summed E-state index contributed by atoms with van der Waals surface area (Å²) in [5.41, 5.74) is 1.41. The summed E-state index contributed by atoms with van der Waals surface area (Å²) in [7, 11) is -2.29. The van der Waals surface area contributed by atoms with E-state index in [1.807, 2.05) is 0 Å². The van der Waals surface area contributed by atoms with E-state index in [-0.39, 0.29) is 29.1 Å². The maximum absolute atomic E-state index is 12.6. The van der Waals surface area contributed by atoms with Gasteiger partial charge in [-0.15, -0.1) is 0 Å². The fraction of sp³-hybridized carbons (Fsp3) is 0.500. The molecule has 29 heavy (non-hydrogen) atoms. The smallest absolute Gasteiger partial charge is 0.269 e. The first kappa shape index (κ1) is 21.3. The molecule has 1 aromatic heterocycles. The molecule has 1 saturated carbocycles. The average molecular weight is 421 g/mol. The highest BCUT2D eigenvalue weighted by Crippen LogP contribution is 2.29. The minimum Gasteiger partial charge on any atom is -0.495 e. The summed E-state index contributed by atoms with van der Waals surface area (Å²) in [5, 5.41) is 10.0. The van der Waals surface area contributed by atoms with Gasteiger partial charge in [-0.2, -0.15) is 5.10 Å². The minimum atomic E-state index is -3.71. The zero-order valence-electron chi connectivity index (χ0n) is 17.0. The van der Waals surface area contributed by atoms with Gasteiger partial charge >= 0.3 is 0 Å². The van der Waals surface area contributed by atoms with Crippen LogP contribution >= 0.6 is 0 Å². The number of benzene rings is 1. The third kappa shape index (κ3) is 4.79. The van der Waals surface area contributed by atoms with Gasteiger partial charge in [0.25, 0.3) is 5.91 Å². The molecule has 9 heteroatoms. The van der Waals surface area contributed by atoms with E-state index >= 15 is 0 Å². The van der Waals surface area contributed by atoms with Crippen LogP contribution < -0.4 is 14.8 Å². The molecule has 0 bridgehead atoms. The molecular weight excluding hydrogens is 392 g/mol. The minimum absolute atomic E-state index is 0.0318. The van der Waals surface area contributed by atoms with Gasteiger partial charge < -0.3 is 10.1 Å². The van der Waals surface area contributed by atoms with Crippen LogP contribution in [0.3, 0.4) is 0 Å². The Balaban J connectivity index is 1.83. The number of methoxy groups -OCH3 is 1. The van der Waals surface area contributed by atoms with Crippen LogP contribution in [0.2, 0.25) is 0 Å². The third-order valence-corrected chi connectivity index (χ3v) is 6.90. The molecule has 3 rings (SSSR count). The fourth-order valence-electron chi connectivity index (χ4n) is 3.68. The van der Waals surface area contributed by atoms with E-state index in [9.17, 15) is 13.2 Å². The molecule has 1 amide bonds. The second-order valence-electron chi connectivity index (χ2n) is 7.38. The van der Waals surface area contributed by atoms with Crippen molar-refractivity contribution in [3.05, 3.63) is 30.0 Å². The molecule has 8 nitrogen and oxygen atoms in total. The van der Waals surface area contributed by atoms with Gasteiger partial charge in [0.05, 0.1) is 12.8 Å². The highest BCUT2D eigenvalue weighted by atomic mass is 32.2. The number of aromatic amines is 1. The fourth-order valence-corrected chi connectivity index (χ4v) is 4.91. The monoisotopic (exact) mass is 420 g/mol. The van der Waals surface area contributed by atoms with Crippen molar-refractivity contribution in [3.63, 3.8) is 0 Å². The van der Waals surface area contributed by atoms with Gasteiger partial charge in [-0.1, -0.05) is 26.7 Å². The van der Waals surface area contributed by atoms with E-state index in [1.54, 1.807) is 25.1 Å². The molecule has 0 radical (unpaired) electrons. The largest absolute Gasteiger partial charge is 0.495 e. The molecule has 2 atom stereocenters. The zero-order valence-corrected chi connectivity index (χ0v) is 17.8. The van der Waals surface area contributed by atoms with Crippen LogP contribution in [0, 0.1) is 5.92 Å². The van der Waals surface area contributed by atoms with E-state index in [2.05, 4.69) is 27.2 Å². The topological polar surface area (TPSA) is 113 Å². The molecule has 0 unspecified atom stereocenters. The highest BCUT2D eigenvalue weighted by Gasteiger charge is 2.24. The molecule has 1 heterocycles. The van der Waals surface area contributed by atoms with Gasteiger partial charge in [0.15, 0.2) is 0 Å². The average Bonchev–Trinajstić information content (AvgIpc) is 3.19. The van der Waals surface area contributed by atoms with E-state index in [0.29, 0.717) is 22.9 Å². The predicted molar refractivity (Wildman–Crippen MR) is 110 cm³/mol. The van der Waals surface area contributed by atoms with Gasteiger partial charge in [-0.05, 0) is 43.0 Å². The molecule has 1 aromatic carbocycles. The molecular formula is C20H28N4O4S. The number of sulfonamides is 1. The van der Waals surface area contributed by atoms with Gasteiger partial charge in [0.1, 0.15) is 16.3 Å². The summed E-state index contributed by atoms with van der Waals surface area (Å²) in [6, 6.07) is 6.59. The van der Waals surface area contributed by atoms with Crippen molar-refractivity contribution in [1.29, 1.82) is 0 Å². The molecule has 158 valence electrons. The molecule has 1 fully saturated rings. The number of nitrogens with one attached hydrogen (secondary N) is 3. The van der Waals surface area contributed by atoms with Crippen molar-refractivity contribution in [2.24, 2.45) is 5.92 Å². The molecule has 1 aliphatic carbocycles. The highest BCUT2D eigenvalue weighted by molar-refractivity contribution is 7.89. The van der Waals surface area contributed by atoms with Crippen LogP contribution in [0.1, 0.15) is 50.0 Å². The van der Waals surface area contributed by atoms with Gasteiger partial charge in [0, 0.05) is 18.2 Å². The summed E-state index contributed by atoms with van der Waals surface area (Å²) in [4.78, 5) is 12.6. The third-order valence-electron chi connectivity index (χ3n) is 5.33. The Kier molecular flexibility index (Phi) is 6.59. The number of rotatable bonds is 7. The van der Waals surface area contributed by atoms with Crippen LogP contribution in [0.4, 0.5) is 0 Å². The number of carbonyl (C=O) groups excluding carboxylic acids is 1. The Bertz CT molecular complexity index is 971. The molecule has 1 aliphatic rings. The molecule has 0 saturated heterocycles. The van der Waals surface area contributed by atoms with Gasteiger partial charge in [-0.3, -0.25) is 9.89 Å². The second-order valence-corrected chi connectivity index (χ2v) is 9.11. The standard InChI is InChI=1S/C20H28N4O4S/c1-4-21-29(26,27)19-11-14(9-10-18(19)28-3)16-12-17(24-23-16)20(25)22-15-8-6-5-7-13(15)2/h9-13,15,21H,4-8H2,1-3H3,(H,22,25)(H,23,24)/t13-,15+/m0/s1. The number of aromatic nitrogens is 2. The lowest BCUT2D eigenvalue weighted by atomic mass is 9.86. The Hall–Kier alpha value is -2.39. The number of H-pyrrole nitrogens is 1. The van der Waals surface area contributed by atoms with Crippen LogP contribution in [-0.2, 0) is 10.0 Å². The lowest BCUT2D eigenvalue weighted by Crippen LogP contribution is -2.41. The Labute approximate surface area is 171 Å². The zero-order chi connectivity index (χ0) is 21.0. The summed E-state index contributed by atoms with van der Waals surface area (Å²) >= 11 is 0. The van der Waals surface area contributed by atoms with E-state index < -0.39 is 10.0 Å². The molecule has 0 spiro atoms. The maximum atomic E-state index is 12.6. The van der Waals surface area contributed by atoms with Crippen LogP contribution in [0.15, 0.2) is 29.2 Å². The SMILES string of the molecule is CCNS(=O)(=O)c1cc(-c2cc(C(=O)N[C@@H]3CCCC[C@@H]3C)[nH]n2)ccc1OC. The van der Waals surface area contributed by atoms with Crippen molar-refractivity contribution >= 4 is 15.9 Å². The Morgan fingerprint density at radius 2 is 2.03 bits per heavy atom. The second kappa shape index (κ2) is 8.96. The molecule has 0 aliphatic heterocycles. The van der Waals surface area contributed by atoms with Crippen LogP contribution in [0.25, 0.3) is 11.3 Å². The predicted octanol–water partition coefficient (Wildman–Crippen LogP) is 2.69. The number of hydrogen-bond acceptors (Lipinski definition) is 5. The lowest BCUT2D eigenvalue weighted by Gasteiger charge is -2.29. The lowest BCUT2D eigenvalue weighted by molar-refractivity contribution is 0.0905. The number of ether oxygens (including phenoxy) is 1. The first-order valence-electron chi connectivity index (χ1n) is 9.90. The first-order valence-corrected chi connectivity index (χ1v) is 11.4. The Morgan fingerprint density at radius 3 is 2.72 bits per heavy atom. The first-order chi connectivity index (χ1) is 13.9. The van der Waals surface area contributed by atoms with E-state index in [1.165, 1.54) is 19.6 Å². The van der Waals surface area contributed by atoms with Gasteiger partial charge in [0.2, 0.25) is 10.0 Å². The van der Waals surface area contributed by atoms with Crippen molar-refractivity contribution in [1.82, 2.24) is 20.2 Å². The maximum Gasteiger partial charge on any atom is 0.269 e. The molecule has 3 N–H and O–H groups in total. The number of amides is 1. The number of carbonyl (C=O) groups is 1. The normalized spacial score (nSPS) is 19.7. The number of nitrogens with zero attached hydrogens (tertiary/aromatic N) is 1. The number of hydrogen-bond donors (Lipinski definition) is 3. The summed E-state index contributed by atoms with van der Waals surface area (Å²) in [6.45, 7) is 4.13. The van der Waals surface area contributed by atoms with Gasteiger partial charge in [-0.25, -0.2) is 13.1 Å². The quantitative estimate of drug-likeness (QED) is 0.637. The van der Waals surface area contributed by atoms with Crippen molar-refractivity contribution in [3.8, 4) is 17.0 Å². The Morgan fingerprint density at radius 1 is 1.28 bits per heavy atom. The van der Waals surface area contributed by atoms with Crippen molar-refractivity contribution in [2.75, 3.05) is 13.7 Å². The summed E-state index contributed by atoms with van der Waals surface area (Å²) in [6.07, 6.45) is 4.43. The molecule has 2 aromatic rings. The van der Waals surface area contributed by atoms with E-state index in [4.69, 9.17) is 4.74 Å². The van der Waals surface area contributed by atoms with E-state index in [0.717, 1.165) is 19.3 Å². The van der Waals surface area contributed by atoms with Crippen LogP contribution in [0.5, 0.6) is 5.75 Å². The summed E-state index contributed by atoms with van der Waals surface area (Å²) < 4.78 is 32.6. The van der Waals surface area contributed by atoms with Crippen molar-refractivity contribution < 1.29 is 17.9 Å². The summed E-state index contributed by atoms with van der Waals surface area (Å²) in [5.74, 6) is 0.501.